The molecular weight excluding hydrogens is 1460 g/mol. The van der Waals surface area contributed by atoms with E-state index in [9.17, 15) is 28.4 Å². The summed E-state index contributed by atoms with van der Waals surface area (Å²) in [5, 5.41) is 34.2. The SMILES string of the molecule is CCc1nc2c(cnn2CC)c(NC2CCOCC2)c1CNC(=O)c1cccc(C(=O)NCc2ccc(F)c(-c3cccc(C=O)c3)c2)c1.CCc1nc2c(cnn2CC)c(NC2CCOCC2)c1CNC(=O)c1cccc(C(=O)NCc2ccc(F)c(-c3cccc(CNC4CN5CCC4CC5)c3)c2)c1.NC1CN2CCC1CC2. The molecule has 8 aliphatic rings. The fourth-order valence-electron chi connectivity index (χ4n) is 16.8. The van der Waals surface area contributed by atoms with Crippen molar-refractivity contribution >= 4 is 63.4 Å². The standard InChI is InChI=1S/C45H53FN8O3.C38H39FN6O4.C7H14N2/c1-3-40-37(42(51-35-15-19-57-20-16-35)38-27-50-54(4-2)43(38)52-40)26-49-45(56)34-10-6-9-33(23-34)44(55)48-25-30-11-12-39(46)36(22-30)32-8-5-7-29(21-32)24-47-41-28-53-17-13-31(41)14-18-53;1-3-34-31(35(43-29-13-15-49-16-14-29)32-22-42-45(4-2)36(32)44-34)21-41-38(48)28-10-6-9-27(19-28)37(47)40-20-24-11-12-33(39)30(18-24)26-8-5-7-25(17-26)23-46;8-7-5-9-3-1-6(7)2-4-9/h5-12,21-23,27,31,35,41,47H,3-4,13-20,24-26,28H2,1-2H3,(H,48,55)(H,49,56)(H,51,52);5-12,17-19,22-23,29H,3-4,13-16,20-21H2,1-2H3,(H,40,47)(H,41,48)(H,43,44);6-7H,1-5,8H2. The van der Waals surface area contributed by atoms with Gasteiger partial charge in [0.1, 0.15) is 17.9 Å². The zero-order valence-electron chi connectivity index (χ0n) is 66.3. The van der Waals surface area contributed by atoms with Crippen molar-refractivity contribution in [1.82, 2.24) is 65.9 Å². The Kier molecular flexibility index (Phi) is 26.9. The van der Waals surface area contributed by atoms with Gasteiger partial charge in [-0.3, -0.25) is 24.0 Å². The third-order valence-corrected chi connectivity index (χ3v) is 23.4. The molecule has 8 fully saturated rings. The van der Waals surface area contributed by atoms with Gasteiger partial charge in [0.2, 0.25) is 0 Å². The van der Waals surface area contributed by atoms with Crippen LogP contribution in [0.1, 0.15) is 170 Å². The number of benzene rings is 6. The number of halogens is 2. The number of nitrogens with two attached hydrogens (primary N) is 1. The number of ether oxygens (including phenoxy) is 2. The third kappa shape index (κ3) is 19.7. The minimum Gasteiger partial charge on any atom is -0.381 e. The van der Waals surface area contributed by atoms with Crippen molar-refractivity contribution < 1.29 is 42.2 Å². The van der Waals surface area contributed by atoms with Gasteiger partial charge in [-0.15, -0.1) is 0 Å². The Morgan fingerprint density at radius 3 is 1.32 bits per heavy atom. The van der Waals surface area contributed by atoms with Crippen LogP contribution in [0.4, 0.5) is 20.2 Å². The molecule has 2 unspecified atom stereocenters. The lowest BCUT2D eigenvalue weighted by Gasteiger charge is -2.45. The summed E-state index contributed by atoms with van der Waals surface area (Å²) in [5.74, 6) is -0.461. The highest BCUT2D eigenvalue weighted by atomic mass is 19.1. The molecule has 602 valence electrons. The Morgan fingerprint density at radius 1 is 0.487 bits per heavy atom. The molecule has 4 amide bonds. The largest absolute Gasteiger partial charge is 0.381 e. The maximum absolute atomic E-state index is 15.2. The van der Waals surface area contributed by atoms with Gasteiger partial charge in [-0.1, -0.05) is 74.5 Å². The Bertz CT molecular complexity index is 5100. The van der Waals surface area contributed by atoms with E-state index in [0.29, 0.717) is 121 Å². The first-order chi connectivity index (χ1) is 56.1. The number of aromatic nitrogens is 6. The molecule has 2 atom stereocenters. The second-order valence-electron chi connectivity index (χ2n) is 30.9. The second kappa shape index (κ2) is 38.2. The van der Waals surface area contributed by atoms with Gasteiger partial charge in [-0.25, -0.2) is 28.1 Å². The molecule has 8 aliphatic heterocycles. The molecule has 18 rings (SSSR count). The molecule has 10 aromatic rings. The zero-order chi connectivity index (χ0) is 79.9. The van der Waals surface area contributed by atoms with Gasteiger partial charge in [-0.05, 0) is 217 Å². The number of nitrogens with zero attached hydrogens (tertiary/aromatic N) is 8. The predicted octanol–water partition coefficient (Wildman–Crippen LogP) is 12.6. The number of amides is 4. The fraction of sp³-hybridized carbons (Fsp3) is 0.411. The molecule has 12 heterocycles. The second-order valence-corrected chi connectivity index (χ2v) is 30.9. The van der Waals surface area contributed by atoms with Crippen LogP contribution in [0.2, 0.25) is 0 Å². The van der Waals surface area contributed by atoms with Crippen molar-refractivity contribution in [2.75, 3.05) is 76.3 Å². The number of aryl methyl sites for hydroxylation is 4. The number of pyridine rings is 2. The summed E-state index contributed by atoms with van der Waals surface area (Å²) in [5.41, 5.74) is 19.6. The number of rotatable bonds is 26. The predicted molar refractivity (Wildman–Crippen MR) is 444 cm³/mol. The van der Waals surface area contributed by atoms with Crippen molar-refractivity contribution in [2.45, 2.75) is 162 Å². The van der Waals surface area contributed by atoms with Crippen molar-refractivity contribution in [2.24, 2.45) is 17.6 Å². The lowest BCUT2D eigenvalue weighted by Crippen LogP contribution is -2.55. The first-order valence-corrected chi connectivity index (χ1v) is 41.0. The summed E-state index contributed by atoms with van der Waals surface area (Å²) in [7, 11) is 0. The lowest BCUT2D eigenvalue weighted by atomic mass is 9.84. The van der Waals surface area contributed by atoms with E-state index in [1.807, 2.05) is 60.7 Å². The Hall–Kier alpha value is -10.7. The topological polar surface area (TPSA) is 282 Å². The minimum absolute atomic E-state index is 0.142. The Morgan fingerprint density at radius 2 is 0.913 bits per heavy atom. The van der Waals surface area contributed by atoms with Crippen LogP contribution in [-0.4, -0.2) is 159 Å². The average molecular weight is 1560 g/mol. The number of nitrogens with one attached hydrogen (secondary N) is 7. The van der Waals surface area contributed by atoms with Crippen molar-refractivity contribution in [3.05, 3.63) is 225 Å². The van der Waals surface area contributed by atoms with Crippen LogP contribution in [0.3, 0.4) is 0 Å². The fourth-order valence-corrected chi connectivity index (χ4v) is 16.8. The highest BCUT2D eigenvalue weighted by molar-refractivity contribution is 6.01. The summed E-state index contributed by atoms with van der Waals surface area (Å²) < 4.78 is 44.8. The van der Waals surface area contributed by atoms with Gasteiger partial charge < -0.3 is 62.2 Å². The maximum Gasteiger partial charge on any atom is 0.251 e. The summed E-state index contributed by atoms with van der Waals surface area (Å²) in [6, 6.07) is 39.0. The molecule has 0 aliphatic carbocycles. The summed E-state index contributed by atoms with van der Waals surface area (Å²) in [6.45, 7) is 21.2. The number of hydrogen-bond acceptors (Lipinski definition) is 17. The van der Waals surface area contributed by atoms with Gasteiger partial charge in [0.15, 0.2) is 11.3 Å². The highest BCUT2D eigenvalue weighted by Crippen LogP contribution is 2.36. The van der Waals surface area contributed by atoms with E-state index in [1.165, 1.54) is 64.0 Å². The average Bonchev–Trinajstić information content (AvgIpc) is 1.65. The number of fused-ring (bicyclic) bond motifs is 8. The van der Waals surface area contributed by atoms with Crippen LogP contribution in [0.15, 0.2) is 146 Å². The van der Waals surface area contributed by atoms with E-state index < -0.39 is 5.82 Å². The number of carbonyl (C=O) groups excluding carboxylic acids is 5. The van der Waals surface area contributed by atoms with Crippen LogP contribution in [0.25, 0.3) is 44.3 Å². The number of piperidine rings is 6. The molecule has 4 aromatic heterocycles. The number of carbonyl (C=O) groups is 5. The van der Waals surface area contributed by atoms with Crippen LogP contribution >= 0.6 is 0 Å². The Balaban J connectivity index is 0.000000172. The normalized spacial score (nSPS) is 19.2. The van der Waals surface area contributed by atoms with Crippen molar-refractivity contribution in [3.8, 4) is 22.3 Å². The van der Waals surface area contributed by atoms with E-state index in [4.69, 9.17) is 25.2 Å². The monoisotopic (exact) mass is 1560 g/mol. The van der Waals surface area contributed by atoms with Crippen LogP contribution in [-0.2, 0) is 68.1 Å². The quantitative estimate of drug-likeness (QED) is 0.0234. The maximum atomic E-state index is 15.2. The van der Waals surface area contributed by atoms with Gasteiger partial charge in [0, 0.05) is 171 Å². The highest BCUT2D eigenvalue weighted by Gasteiger charge is 2.35. The van der Waals surface area contributed by atoms with E-state index in [2.05, 4.69) is 70.2 Å². The van der Waals surface area contributed by atoms with E-state index in [0.717, 1.165) is 130 Å². The molecule has 4 bridgehead atoms. The molecule has 0 spiro atoms. The van der Waals surface area contributed by atoms with Gasteiger partial charge in [0.05, 0.1) is 34.5 Å². The van der Waals surface area contributed by atoms with Crippen molar-refractivity contribution in [1.29, 1.82) is 0 Å². The first-order valence-electron chi connectivity index (χ1n) is 41.0. The van der Waals surface area contributed by atoms with Crippen LogP contribution in [0.5, 0.6) is 0 Å². The molecule has 8 saturated heterocycles. The summed E-state index contributed by atoms with van der Waals surface area (Å²) in [6.07, 6.45) is 14.5. The smallest absolute Gasteiger partial charge is 0.251 e. The molecule has 6 aromatic carbocycles. The van der Waals surface area contributed by atoms with Gasteiger partial charge in [-0.2, -0.15) is 10.2 Å². The van der Waals surface area contributed by atoms with E-state index in [1.54, 1.807) is 97.1 Å². The van der Waals surface area contributed by atoms with E-state index >= 15 is 4.39 Å². The third-order valence-electron chi connectivity index (χ3n) is 23.4. The first kappa shape index (κ1) is 80.9. The minimum atomic E-state index is -0.430. The van der Waals surface area contributed by atoms with Crippen LogP contribution in [0, 0.1) is 23.5 Å². The molecule has 25 heteroatoms. The lowest BCUT2D eigenvalue weighted by molar-refractivity contribution is 0.0720. The molecule has 0 saturated carbocycles. The summed E-state index contributed by atoms with van der Waals surface area (Å²) >= 11 is 0. The van der Waals surface area contributed by atoms with E-state index in [-0.39, 0.29) is 67.7 Å². The molecule has 9 N–H and O–H groups in total. The molecule has 0 radical (unpaired) electrons. The molecular formula is C90H106F2N16O7. The van der Waals surface area contributed by atoms with Crippen LogP contribution < -0.4 is 43.0 Å². The Labute approximate surface area is 670 Å². The zero-order valence-corrected chi connectivity index (χ0v) is 66.3. The molecule has 115 heavy (non-hydrogen) atoms. The van der Waals surface area contributed by atoms with Crippen molar-refractivity contribution in [3.63, 3.8) is 0 Å². The molecule has 23 nitrogen and oxygen atoms in total. The van der Waals surface area contributed by atoms with Gasteiger partial charge >= 0.3 is 0 Å². The van der Waals surface area contributed by atoms with Gasteiger partial charge in [0.25, 0.3) is 23.6 Å². The number of hydrogen-bond donors (Lipinski definition) is 8. The number of anilines is 2. The summed E-state index contributed by atoms with van der Waals surface area (Å²) in [4.78, 5) is 79.8. The number of aldehydes is 1.